The Morgan fingerprint density at radius 2 is 2.20 bits per heavy atom. The second-order valence-corrected chi connectivity index (χ2v) is 4.49. The smallest absolute Gasteiger partial charge is 0.232 e. The number of hydrogen-bond donors (Lipinski definition) is 1. The highest BCUT2D eigenvalue weighted by Crippen LogP contribution is 2.34. The van der Waals surface area contributed by atoms with Gasteiger partial charge in [0.15, 0.2) is 0 Å². The molecule has 1 rings (SSSR count). The van der Waals surface area contributed by atoms with E-state index in [2.05, 4.69) is 5.32 Å². The number of imide groups is 1. The third-order valence-electron chi connectivity index (χ3n) is 2.96. The Morgan fingerprint density at radius 1 is 1.53 bits per heavy atom. The van der Waals surface area contributed by atoms with Crippen LogP contribution in [-0.4, -0.2) is 18.1 Å². The summed E-state index contributed by atoms with van der Waals surface area (Å²) in [5.41, 5.74) is -0.577. The van der Waals surface area contributed by atoms with Crippen molar-refractivity contribution in [3.05, 3.63) is 0 Å². The number of nitrogens with one attached hydrogen (secondary N) is 1. The summed E-state index contributed by atoms with van der Waals surface area (Å²) < 4.78 is 0. The van der Waals surface area contributed by atoms with E-state index >= 15 is 0 Å². The van der Waals surface area contributed by atoms with Gasteiger partial charge in [0.2, 0.25) is 11.8 Å². The molecule has 0 bridgehead atoms. The minimum Gasteiger partial charge on any atom is -0.303 e. The molecule has 0 aromatic heterocycles. The molecule has 1 fully saturated rings. The molecule has 2 atom stereocenters. The van der Waals surface area contributed by atoms with Crippen LogP contribution < -0.4 is 5.32 Å². The fourth-order valence-corrected chi connectivity index (χ4v) is 2.17. The fourth-order valence-electron chi connectivity index (χ4n) is 2.17. The topological polar surface area (TPSA) is 63.2 Å². The second-order valence-electron chi connectivity index (χ2n) is 4.49. The number of carbonyl (C=O) groups is 3. The first-order valence-corrected chi connectivity index (χ1v) is 5.31. The maximum atomic E-state index is 11.8. The highest BCUT2D eigenvalue weighted by molar-refractivity contribution is 5.99. The van der Waals surface area contributed by atoms with Gasteiger partial charge >= 0.3 is 0 Å². The summed E-state index contributed by atoms with van der Waals surface area (Å²) in [6, 6.07) is 0. The zero-order valence-corrected chi connectivity index (χ0v) is 9.21. The average molecular weight is 211 g/mol. The summed E-state index contributed by atoms with van der Waals surface area (Å²) in [4.78, 5) is 33.8. The molecule has 15 heavy (non-hydrogen) atoms. The Labute approximate surface area is 89.4 Å². The van der Waals surface area contributed by atoms with Crippen molar-refractivity contribution < 1.29 is 14.4 Å². The molecule has 0 saturated carbocycles. The SMILES string of the molecule is CCC[C@@]1(C)CC(C=O)CC(=O)NC1=O. The van der Waals surface area contributed by atoms with E-state index in [0.29, 0.717) is 12.8 Å². The van der Waals surface area contributed by atoms with Gasteiger partial charge in [0.25, 0.3) is 0 Å². The van der Waals surface area contributed by atoms with Crippen molar-refractivity contribution in [2.24, 2.45) is 11.3 Å². The van der Waals surface area contributed by atoms with E-state index in [0.717, 1.165) is 12.7 Å². The first-order valence-electron chi connectivity index (χ1n) is 5.31. The molecule has 1 aliphatic rings. The molecule has 4 heteroatoms. The Hall–Kier alpha value is -1.19. The standard InChI is InChI=1S/C11H17NO3/c1-3-4-11(2)6-8(7-13)5-9(14)12-10(11)15/h7-8H,3-6H2,1-2H3,(H,12,14,15)/t8?,11-/m0/s1. The average Bonchev–Trinajstić information content (AvgIpc) is 2.25. The molecule has 1 unspecified atom stereocenters. The van der Waals surface area contributed by atoms with Gasteiger partial charge in [-0.25, -0.2) is 0 Å². The highest BCUT2D eigenvalue weighted by Gasteiger charge is 2.39. The quantitative estimate of drug-likeness (QED) is 0.560. The lowest BCUT2D eigenvalue weighted by atomic mass is 9.77. The molecule has 84 valence electrons. The molecular formula is C11H17NO3. The van der Waals surface area contributed by atoms with Crippen LogP contribution >= 0.6 is 0 Å². The van der Waals surface area contributed by atoms with Crippen LogP contribution in [-0.2, 0) is 14.4 Å². The van der Waals surface area contributed by atoms with Crippen molar-refractivity contribution in [2.45, 2.75) is 39.5 Å². The molecule has 0 aromatic carbocycles. The van der Waals surface area contributed by atoms with Crippen molar-refractivity contribution in [2.75, 3.05) is 0 Å². The summed E-state index contributed by atoms with van der Waals surface area (Å²) in [6.45, 7) is 3.81. The Kier molecular flexibility index (Phi) is 3.61. The number of aldehydes is 1. The maximum Gasteiger partial charge on any atom is 0.232 e. The minimum absolute atomic E-state index is 0.133. The molecule has 1 saturated heterocycles. The summed E-state index contributed by atoms with van der Waals surface area (Å²) in [6.07, 6.45) is 2.96. The Morgan fingerprint density at radius 3 is 2.73 bits per heavy atom. The highest BCUT2D eigenvalue weighted by atomic mass is 16.2. The van der Waals surface area contributed by atoms with Crippen LogP contribution in [0, 0.1) is 11.3 Å². The number of hydrogen-bond acceptors (Lipinski definition) is 3. The minimum atomic E-state index is -0.577. The van der Waals surface area contributed by atoms with Crippen LogP contribution in [0.2, 0.25) is 0 Å². The van der Waals surface area contributed by atoms with Gasteiger partial charge in [0.1, 0.15) is 6.29 Å². The number of rotatable bonds is 3. The first-order chi connectivity index (χ1) is 7.01. The van der Waals surface area contributed by atoms with E-state index in [4.69, 9.17) is 0 Å². The van der Waals surface area contributed by atoms with Crippen molar-refractivity contribution in [1.82, 2.24) is 5.32 Å². The van der Waals surface area contributed by atoms with Crippen molar-refractivity contribution >= 4 is 18.1 Å². The van der Waals surface area contributed by atoms with Gasteiger partial charge in [-0.05, 0) is 12.8 Å². The van der Waals surface area contributed by atoms with E-state index in [-0.39, 0.29) is 24.2 Å². The van der Waals surface area contributed by atoms with Crippen LogP contribution in [0.1, 0.15) is 39.5 Å². The van der Waals surface area contributed by atoms with Crippen LogP contribution in [0.15, 0.2) is 0 Å². The predicted octanol–water partition coefficient (Wildman–Crippen LogP) is 1.04. The van der Waals surface area contributed by atoms with Gasteiger partial charge in [-0.1, -0.05) is 20.3 Å². The van der Waals surface area contributed by atoms with Gasteiger partial charge in [-0.15, -0.1) is 0 Å². The molecule has 0 aromatic rings. The first kappa shape index (κ1) is 11.9. The normalized spacial score (nSPS) is 32.0. The van der Waals surface area contributed by atoms with Crippen molar-refractivity contribution in [1.29, 1.82) is 0 Å². The molecule has 2 amide bonds. The largest absolute Gasteiger partial charge is 0.303 e. The lowest BCUT2D eigenvalue weighted by Crippen LogP contribution is -2.39. The van der Waals surface area contributed by atoms with E-state index < -0.39 is 5.41 Å². The summed E-state index contributed by atoms with van der Waals surface area (Å²) in [7, 11) is 0. The number of amides is 2. The zero-order valence-electron chi connectivity index (χ0n) is 9.21. The molecule has 0 radical (unpaired) electrons. The summed E-state index contributed by atoms with van der Waals surface area (Å²) >= 11 is 0. The van der Waals surface area contributed by atoms with E-state index in [9.17, 15) is 14.4 Å². The van der Waals surface area contributed by atoms with Crippen LogP contribution in [0.3, 0.4) is 0 Å². The van der Waals surface area contributed by atoms with E-state index in [1.807, 2.05) is 13.8 Å². The second kappa shape index (κ2) is 4.55. The molecule has 1 heterocycles. The Balaban J connectivity index is 2.89. The van der Waals surface area contributed by atoms with Crippen LogP contribution in [0.4, 0.5) is 0 Å². The van der Waals surface area contributed by atoms with Crippen LogP contribution in [0.25, 0.3) is 0 Å². The molecule has 0 spiro atoms. The van der Waals surface area contributed by atoms with Crippen molar-refractivity contribution in [3.63, 3.8) is 0 Å². The third kappa shape index (κ3) is 2.64. The lowest BCUT2D eigenvalue weighted by Gasteiger charge is -2.26. The summed E-state index contributed by atoms with van der Waals surface area (Å²) in [5, 5.41) is 2.34. The monoisotopic (exact) mass is 211 g/mol. The maximum absolute atomic E-state index is 11.8. The molecule has 4 nitrogen and oxygen atoms in total. The molecule has 1 N–H and O–H groups in total. The van der Waals surface area contributed by atoms with Gasteiger partial charge in [0.05, 0.1) is 0 Å². The van der Waals surface area contributed by atoms with E-state index in [1.165, 1.54) is 0 Å². The predicted molar refractivity (Wildman–Crippen MR) is 55.0 cm³/mol. The molecule has 0 aliphatic carbocycles. The van der Waals surface area contributed by atoms with Crippen LogP contribution in [0.5, 0.6) is 0 Å². The third-order valence-corrected chi connectivity index (χ3v) is 2.96. The van der Waals surface area contributed by atoms with Gasteiger partial charge in [0, 0.05) is 17.8 Å². The van der Waals surface area contributed by atoms with Gasteiger partial charge < -0.3 is 4.79 Å². The molecular weight excluding hydrogens is 194 g/mol. The van der Waals surface area contributed by atoms with Gasteiger partial charge in [-0.2, -0.15) is 0 Å². The van der Waals surface area contributed by atoms with Gasteiger partial charge in [-0.3, -0.25) is 14.9 Å². The number of carbonyl (C=O) groups excluding carboxylic acids is 3. The fraction of sp³-hybridized carbons (Fsp3) is 0.727. The zero-order chi connectivity index (χ0) is 11.5. The lowest BCUT2D eigenvalue weighted by molar-refractivity contribution is -0.135. The summed E-state index contributed by atoms with van der Waals surface area (Å²) in [5.74, 6) is -0.899. The molecule has 1 aliphatic heterocycles. The Bertz CT molecular complexity index is 288. The van der Waals surface area contributed by atoms with E-state index in [1.54, 1.807) is 0 Å². The van der Waals surface area contributed by atoms with Crippen molar-refractivity contribution in [3.8, 4) is 0 Å².